The van der Waals surface area contributed by atoms with Gasteiger partial charge in [-0.2, -0.15) is 0 Å². The van der Waals surface area contributed by atoms with E-state index in [0.717, 1.165) is 24.2 Å². The van der Waals surface area contributed by atoms with E-state index >= 15 is 0 Å². The van der Waals surface area contributed by atoms with Gasteiger partial charge in [-0.15, -0.1) is 0 Å². The van der Waals surface area contributed by atoms with Crippen molar-refractivity contribution in [2.75, 3.05) is 13.7 Å². The van der Waals surface area contributed by atoms with Crippen molar-refractivity contribution in [2.24, 2.45) is 5.92 Å². The maximum absolute atomic E-state index is 12.1. The molecule has 1 aliphatic heterocycles. The van der Waals surface area contributed by atoms with E-state index in [9.17, 15) is 14.4 Å². The fourth-order valence-electron chi connectivity index (χ4n) is 2.46. The van der Waals surface area contributed by atoms with Gasteiger partial charge in [-0.05, 0) is 25.7 Å². The second kappa shape index (κ2) is 4.68. The first-order chi connectivity index (χ1) is 8.53. The lowest BCUT2D eigenvalue weighted by Crippen LogP contribution is -2.62. The highest BCUT2D eigenvalue weighted by molar-refractivity contribution is 6.16. The number of nitrogens with one attached hydrogen (secondary N) is 1. The Bertz CT molecular complexity index is 384. The second-order valence-corrected chi connectivity index (χ2v) is 4.92. The highest BCUT2D eigenvalue weighted by Gasteiger charge is 2.46. The number of barbiturate groups is 1. The number of carbonyl (C=O) groups excluding carboxylic acids is 3. The van der Waals surface area contributed by atoms with Gasteiger partial charge in [0.1, 0.15) is 5.92 Å². The Morgan fingerprint density at radius 1 is 1.39 bits per heavy atom. The molecule has 0 aromatic heterocycles. The topological polar surface area (TPSA) is 75.7 Å². The molecule has 2 fully saturated rings. The summed E-state index contributed by atoms with van der Waals surface area (Å²) < 4.78 is 5.41. The molecule has 6 heteroatoms. The van der Waals surface area contributed by atoms with Crippen LogP contribution in [0.4, 0.5) is 4.79 Å². The third kappa shape index (κ3) is 2.01. The number of ether oxygens (including phenoxy) is 1. The van der Waals surface area contributed by atoms with Crippen LogP contribution in [-0.4, -0.2) is 42.0 Å². The van der Waals surface area contributed by atoms with Crippen LogP contribution >= 0.6 is 0 Å². The van der Waals surface area contributed by atoms with Gasteiger partial charge in [0.05, 0.1) is 12.1 Å². The molecule has 4 amide bonds. The van der Waals surface area contributed by atoms with Crippen LogP contribution in [0.5, 0.6) is 0 Å². The fraction of sp³-hybridized carbons (Fsp3) is 0.750. The molecular weight excluding hydrogens is 236 g/mol. The van der Waals surface area contributed by atoms with E-state index in [1.54, 1.807) is 14.0 Å². The van der Waals surface area contributed by atoms with Crippen LogP contribution in [-0.2, 0) is 14.3 Å². The van der Waals surface area contributed by atoms with Gasteiger partial charge in [0, 0.05) is 7.11 Å². The van der Waals surface area contributed by atoms with E-state index in [2.05, 4.69) is 5.32 Å². The molecule has 0 aromatic carbocycles. The molecule has 0 bridgehead atoms. The first-order valence-electron chi connectivity index (χ1n) is 6.24. The monoisotopic (exact) mass is 254 g/mol. The smallest absolute Gasteiger partial charge is 0.330 e. The van der Waals surface area contributed by atoms with Gasteiger partial charge in [-0.1, -0.05) is 6.92 Å². The van der Waals surface area contributed by atoms with Gasteiger partial charge >= 0.3 is 6.03 Å². The van der Waals surface area contributed by atoms with Gasteiger partial charge in [0.2, 0.25) is 11.8 Å². The Morgan fingerprint density at radius 3 is 2.50 bits per heavy atom. The number of hydrogen-bond donors (Lipinski definition) is 1. The molecule has 2 aliphatic rings. The highest BCUT2D eigenvalue weighted by atomic mass is 16.5. The molecule has 2 rings (SSSR count). The predicted molar refractivity (Wildman–Crippen MR) is 62.6 cm³/mol. The number of amides is 4. The summed E-state index contributed by atoms with van der Waals surface area (Å²) in [7, 11) is 1.59. The van der Waals surface area contributed by atoms with Crippen molar-refractivity contribution in [2.45, 2.75) is 38.2 Å². The summed E-state index contributed by atoms with van der Waals surface area (Å²) >= 11 is 0. The van der Waals surface area contributed by atoms with Crippen molar-refractivity contribution < 1.29 is 19.1 Å². The quantitative estimate of drug-likeness (QED) is 0.748. The van der Waals surface area contributed by atoms with Crippen molar-refractivity contribution in [1.29, 1.82) is 0 Å². The molecular formula is C12H18N2O4. The number of hydrogen-bond acceptors (Lipinski definition) is 4. The number of nitrogens with zero attached hydrogens (tertiary/aromatic N) is 1. The summed E-state index contributed by atoms with van der Waals surface area (Å²) in [6.07, 6.45) is 3.11. The number of imide groups is 2. The van der Waals surface area contributed by atoms with E-state index in [-0.39, 0.29) is 6.54 Å². The zero-order chi connectivity index (χ0) is 13.3. The maximum Gasteiger partial charge on any atom is 0.330 e. The van der Waals surface area contributed by atoms with E-state index in [4.69, 9.17) is 4.74 Å². The number of methoxy groups -OCH3 is 1. The Balaban J connectivity index is 2.13. The average molecular weight is 254 g/mol. The van der Waals surface area contributed by atoms with Crippen LogP contribution in [0.1, 0.15) is 32.6 Å². The SMILES string of the molecule is CCC1C(=O)NC(=O)N(CC2(OC)CCC2)C1=O. The van der Waals surface area contributed by atoms with Crippen LogP contribution in [0.2, 0.25) is 0 Å². The Hall–Kier alpha value is -1.43. The molecule has 1 saturated carbocycles. The average Bonchev–Trinajstić information content (AvgIpc) is 2.27. The van der Waals surface area contributed by atoms with Crippen LogP contribution in [0.3, 0.4) is 0 Å². The minimum atomic E-state index is -0.753. The third-order valence-electron chi connectivity index (χ3n) is 3.91. The lowest BCUT2D eigenvalue weighted by molar-refractivity contribution is -0.148. The van der Waals surface area contributed by atoms with Gasteiger partial charge in [-0.3, -0.25) is 19.8 Å². The molecule has 1 atom stereocenters. The van der Waals surface area contributed by atoms with E-state index in [0.29, 0.717) is 6.42 Å². The lowest BCUT2D eigenvalue weighted by Gasteiger charge is -2.44. The summed E-state index contributed by atoms with van der Waals surface area (Å²) in [5.74, 6) is -1.66. The summed E-state index contributed by atoms with van der Waals surface area (Å²) in [5, 5.41) is 2.23. The molecule has 1 aliphatic carbocycles. The minimum Gasteiger partial charge on any atom is -0.376 e. The van der Waals surface area contributed by atoms with Gasteiger partial charge in [-0.25, -0.2) is 4.79 Å². The fourth-order valence-corrected chi connectivity index (χ4v) is 2.46. The zero-order valence-electron chi connectivity index (χ0n) is 10.7. The van der Waals surface area contributed by atoms with Gasteiger partial charge in [0.25, 0.3) is 0 Å². The number of carbonyl (C=O) groups is 3. The largest absolute Gasteiger partial charge is 0.376 e. The summed E-state index contributed by atoms with van der Waals surface area (Å²) in [6.45, 7) is 1.99. The van der Waals surface area contributed by atoms with Crippen molar-refractivity contribution in [3.05, 3.63) is 0 Å². The van der Waals surface area contributed by atoms with Crippen molar-refractivity contribution in [1.82, 2.24) is 10.2 Å². The molecule has 1 unspecified atom stereocenters. The molecule has 100 valence electrons. The molecule has 1 heterocycles. The maximum atomic E-state index is 12.1. The molecule has 1 saturated heterocycles. The van der Waals surface area contributed by atoms with Crippen LogP contribution < -0.4 is 5.32 Å². The van der Waals surface area contributed by atoms with Crippen molar-refractivity contribution >= 4 is 17.8 Å². The number of rotatable bonds is 4. The predicted octanol–water partition coefficient (Wildman–Crippen LogP) is 0.660. The summed E-state index contributed by atoms with van der Waals surface area (Å²) in [4.78, 5) is 36.5. The molecule has 0 spiro atoms. The minimum absolute atomic E-state index is 0.234. The van der Waals surface area contributed by atoms with Gasteiger partial charge in [0.15, 0.2) is 0 Å². The van der Waals surface area contributed by atoms with Crippen molar-refractivity contribution in [3.8, 4) is 0 Å². The Kier molecular flexibility index (Phi) is 3.38. The standard InChI is InChI=1S/C12H18N2O4/c1-3-8-9(15)13-11(17)14(10(8)16)7-12(18-2)5-4-6-12/h8H,3-7H2,1-2H3,(H,13,15,17). The van der Waals surface area contributed by atoms with Crippen LogP contribution in [0.25, 0.3) is 0 Å². The summed E-state index contributed by atoms with van der Waals surface area (Å²) in [5.41, 5.74) is -0.411. The summed E-state index contributed by atoms with van der Waals surface area (Å²) in [6, 6.07) is -0.627. The van der Waals surface area contributed by atoms with E-state index < -0.39 is 29.4 Å². The molecule has 6 nitrogen and oxygen atoms in total. The number of urea groups is 1. The first kappa shape index (κ1) is 13.0. The molecule has 18 heavy (non-hydrogen) atoms. The lowest BCUT2D eigenvalue weighted by atomic mass is 9.79. The van der Waals surface area contributed by atoms with Crippen molar-refractivity contribution in [3.63, 3.8) is 0 Å². The molecule has 0 radical (unpaired) electrons. The molecule has 0 aromatic rings. The van der Waals surface area contributed by atoms with Crippen LogP contribution in [0, 0.1) is 5.92 Å². The third-order valence-corrected chi connectivity index (χ3v) is 3.91. The van der Waals surface area contributed by atoms with Gasteiger partial charge < -0.3 is 4.74 Å². The first-order valence-corrected chi connectivity index (χ1v) is 6.24. The zero-order valence-corrected chi connectivity index (χ0v) is 10.7. The van der Waals surface area contributed by atoms with E-state index in [1.807, 2.05) is 0 Å². The van der Waals surface area contributed by atoms with E-state index in [1.165, 1.54) is 0 Å². The normalized spacial score (nSPS) is 26.9. The highest BCUT2D eigenvalue weighted by Crippen LogP contribution is 2.36. The van der Waals surface area contributed by atoms with Crippen LogP contribution in [0.15, 0.2) is 0 Å². The molecule has 1 N–H and O–H groups in total. The second-order valence-electron chi connectivity index (χ2n) is 4.92. The Labute approximate surface area is 106 Å². The Morgan fingerprint density at radius 2 is 2.06 bits per heavy atom.